The van der Waals surface area contributed by atoms with Gasteiger partial charge in [0.25, 0.3) is 0 Å². The Morgan fingerprint density at radius 2 is 2.00 bits per heavy atom. The van der Waals surface area contributed by atoms with Gasteiger partial charge >= 0.3 is 6.09 Å². The highest BCUT2D eigenvalue weighted by molar-refractivity contribution is 9.10. The number of rotatable bonds is 5. The molecule has 0 atom stereocenters. The number of alkyl carbamates (subject to hydrolysis) is 1. The molecule has 0 unspecified atom stereocenters. The van der Waals surface area contributed by atoms with Crippen molar-refractivity contribution in [2.75, 3.05) is 12.9 Å². The number of nitrogens with one attached hydrogen (secondary N) is 1. The minimum Gasteiger partial charge on any atom is -0.490 e. The molecule has 1 N–H and O–H groups in total. The van der Waals surface area contributed by atoms with Crippen molar-refractivity contribution in [3.05, 3.63) is 22.2 Å². The van der Waals surface area contributed by atoms with Gasteiger partial charge in [-0.05, 0) is 52.0 Å². The third kappa shape index (κ3) is 6.32. The molecule has 0 bridgehead atoms. The van der Waals surface area contributed by atoms with Crippen LogP contribution in [0.4, 0.5) is 4.79 Å². The first-order valence-corrected chi connectivity index (χ1v) is 11.1. The Kier molecular flexibility index (Phi) is 7.47. The largest absolute Gasteiger partial charge is 0.490 e. The van der Waals surface area contributed by atoms with E-state index in [0.717, 1.165) is 41.5 Å². The Hall–Kier alpha value is -1.39. The lowest BCUT2D eigenvalue weighted by Crippen LogP contribution is -2.54. The van der Waals surface area contributed by atoms with E-state index in [0.29, 0.717) is 17.9 Å². The molecule has 0 heterocycles. The quantitative estimate of drug-likeness (QED) is 0.581. The van der Waals surface area contributed by atoms with E-state index >= 15 is 0 Å². The summed E-state index contributed by atoms with van der Waals surface area (Å²) in [6, 6.07) is 5.95. The van der Waals surface area contributed by atoms with Gasteiger partial charge in [-0.1, -0.05) is 35.2 Å². The number of nitriles is 1. The summed E-state index contributed by atoms with van der Waals surface area (Å²) < 4.78 is 12.4. The third-order valence-electron chi connectivity index (χ3n) is 4.44. The standard InChI is InChI=1S/C20H27BrN2O3S/c1-19(2,3)26-18(24)23-20(8-6-5-7-9-20)13-25-16-10-14(21)11-17(27-4)15(16)12-22/h10-11H,5-9,13H2,1-4H3,(H,23,24). The molecule has 0 spiro atoms. The Morgan fingerprint density at radius 1 is 1.33 bits per heavy atom. The Labute approximate surface area is 174 Å². The summed E-state index contributed by atoms with van der Waals surface area (Å²) in [6.45, 7) is 5.86. The Morgan fingerprint density at radius 3 is 2.56 bits per heavy atom. The summed E-state index contributed by atoms with van der Waals surface area (Å²) in [4.78, 5) is 13.2. The number of thioether (sulfide) groups is 1. The molecule has 0 aromatic heterocycles. The minimum atomic E-state index is -0.549. The maximum atomic E-state index is 12.4. The summed E-state index contributed by atoms with van der Waals surface area (Å²) in [5.41, 5.74) is -0.504. The van der Waals surface area contributed by atoms with Crippen LogP contribution in [-0.2, 0) is 4.74 Å². The normalized spacial score (nSPS) is 16.3. The van der Waals surface area contributed by atoms with Crippen molar-refractivity contribution in [1.29, 1.82) is 5.26 Å². The number of ether oxygens (including phenoxy) is 2. The summed E-state index contributed by atoms with van der Waals surface area (Å²) in [6.07, 6.45) is 6.37. The molecule has 0 aliphatic heterocycles. The van der Waals surface area contributed by atoms with Gasteiger partial charge in [-0.3, -0.25) is 0 Å². The van der Waals surface area contributed by atoms with E-state index in [1.807, 2.05) is 39.2 Å². The van der Waals surface area contributed by atoms with Crippen LogP contribution in [0.25, 0.3) is 0 Å². The highest BCUT2D eigenvalue weighted by atomic mass is 79.9. The molecule has 148 valence electrons. The van der Waals surface area contributed by atoms with E-state index in [9.17, 15) is 10.1 Å². The van der Waals surface area contributed by atoms with E-state index < -0.39 is 17.2 Å². The molecule has 0 radical (unpaired) electrons. The first-order chi connectivity index (χ1) is 12.7. The van der Waals surface area contributed by atoms with Gasteiger partial charge in [-0.15, -0.1) is 11.8 Å². The van der Waals surface area contributed by atoms with Crippen molar-refractivity contribution in [1.82, 2.24) is 5.32 Å². The van der Waals surface area contributed by atoms with Gasteiger partial charge in [-0.2, -0.15) is 5.26 Å². The smallest absolute Gasteiger partial charge is 0.408 e. The number of nitrogens with zero attached hydrogens (tertiary/aromatic N) is 1. The Balaban J connectivity index is 2.19. The molecule has 1 amide bonds. The second kappa shape index (κ2) is 9.20. The van der Waals surface area contributed by atoms with Crippen LogP contribution in [0.3, 0.4) is 0 Å². The van der Waals surface area contributed by atoms with Gasteiger partial charge in [0.1, 0.15) is 29.6 Å². The zero-order valence-electron chi connectivity index (χ0n) is 16.4. The number of amides is 1. The fourth-order valence-corrected chi connectivity index (χ4v) is 4.40. The van der Waals surface area contributed by atoms with Crippen LogP contribution >= 0.6 is 27.7 Å². The molecular formula is C20H27BrN2O3S. The fraction of sp³-hybridized carbons (Fsp3) is 0.600. The number of hydrogen-bond acceptors (Lipinski definition) is 5. The van der Waals surface area contributed by atoms with Crippen LogP contribution in [0.2, 0.25) is 0 Å². The van der Waals surface area contributed by atoms with Gasteiger partial charge in [0.15, 0.2) is 0 Å². The molecule has 0 saturated heterocycles. The summed E-state index contributed by atoms with van der Waals surface area (Å²) in [7, 11) is 0. The van der Waals surface area contributed by atoms with Crippen LogP contribution in [0.15, 0.2) is 21.5 Å². The van der Waals surface area contributed by atoms with Crippen molar-refractivity contribution in [2.45, 2.75) is 68.9 Å². The highest BCUT2D eigenvalue weighted by Gasteiger charge is 2.36. The Bertz CT molecular complexity index is 719. The van der Waals surface area contributed by atoms with E-state index in [1.54, 1.807) is 0 Å². The van der Waals surface area contributed by atoms with Crippen LogP contribution in [0.5, 0.6) is 5.75 Å². The van der Waals surface area contributed by atoms with Crippen molar-refractivity contribution in [3.63, 3.8) is 0 Å². The van der Waals surface area contributed by atoms with Crippen molar-refractivity contribution in [3.8, 4) is 11.8 Å². The van der Waals surface area contributed by atoms with Gasteiger partial charge in [0.2, 0.25) is 0 Å². The number of hydrogen-bond donors (Lipinski definition) is 1. The maximum Gasteiger partial charge on any atom is 0.408 e. The third-order valence-corrected chi connectivity index (χ3v) is 5.66. The second-order valence-electron chi connectivity index (χ2n) is 7.85. The maximum absolute atomic E-state index is 12.4. The average Bonchev–Trinajstić information content (AvgIpc) is 2.58. The number of carbonyl (C=O) groups excluding carboxylic acids is 1. The molecule has 27 heavy (non-hydrogen) atoms. The number of benzene rings is 1. The van der Waals surface area contributed by atoms with Crippen LogP contribution < -0.4 is 10.1 Å². The van der Waals surface area contributed by atoms with E-state index in [1.165, 1.54) is 11.8 Å². The average molecular weight is 455 g/mol. The summed E-state index contributed by atoms with van der Waals surface area (Å²) in [5.74, 6) is 0.534. The van der Waals surface area contributed by atoms with Crippen molar-refractivity contribution >= 4 is 33.8 Å². The fourth-order valence-electron chi connectivity index (χ4n) is 3.21. The first-order valence-electron chi connectivity index (χ1n) is 9.10. The molecule has 1 aromatic rings. The zero-order valence-corrected chi connectivity index (χ0v) is 18.8. The van der Waals surface area contributed by atoms with Gasteiger partial charge in [0, 0.05) is 9.37 Å². The van der Waals surface area contributed by atoms with Crippen LogP contribution in [-0.4, -0.2) is 30.1 Å². The molecular weight excluding hydrogens is 428 g/mol. The molecule has 1 aliphatic carbocycles. The van der Waals surface area contributed by atoms with E-state index in [4.69, 9.17) is 9.47 Å². The van der Waals surface area contributed by atoms with Crippen molar-refractivity contribution in [2.24, 2.45) is 0 Å². The van der Waals surface area contributed by atoms with Crippen LogP contribution in [0, 0.1) is 11.3 Å². The lowest BCUT2D eigenvalue weighted by atomic mass is 9.82. The first kappa shape index (κ1) is 21.9. The lowest BCUT2D eigenvalue weighted by molar-refractivity contribution is 0.0363. The zero-order chi connectivity index (χ0) is 20.1. The number of halogens is 1. The molecule has 1 fully saturated rings. The van der Waals surface area contributed by atoms with Gasteiger partial charge < -0.3 is 14.8 Å². The van der Waals surface area contributed by atoms with Gasteiger partial charge in [-0.25, -0.2) is 4.79 Å². The molecule has 2 rings (SSSR count). The van der Waals surface area contributed by atoms with E-state index in [-0.39, 0.29) is 0 Å². The minimum absolute atomic E-state index is 0.311. The summed E-state index contributed by atoms with van der Waals surface area (Å²) >= 11 is 4.98. The summed E-state index contributed by atoms with van der Waals surface area (Å²) in [5, 5.41) is 12.6. The molecule has 7 heteroatoms. The molecule has 5 nitrogen and oxygen atoms in total. The highest BCUT2D eigenvalue weighted by Crippen LogP contribution is 2.35. The predicted octanol–water partition coefficient (Wildman–Crippen LogP) is 5.65. The number of carbonyl (C=O) groups is 1. The molecule has 1 saturated carbocycles. The van der Waals surface area contributed by atoms with E-state index in [2.05, 4.69) is 27.3 Å². The molecule has 1 aromatic carbocycles. The molecule has 1 aliphatic rings. The topological polar surface area (TPSA) is 71.3 Å². The SMILES string of the molecule is CSc1cc(Br)cc(OCC2(NC(=O)OC(C)(C)C)CCCCC2)c1C#N. The van der Waals surface area contributed by atoms with Crippen molar-refractivity contribution < 1.29 is 14.3 Å². The van der Waals surface area contributed by atoms with Crippen LogP contribution in [0.1, 0.15) is 58.4 Å². The predicted molar refractivity (Wildman–Crippen MR) is 111 cm³/mol. The lowest BCUT2D eigenvalue weighted by Gasteiger charge is -2.38. The van der Waals surface area contributed by atoms with Gasteiger partial charge in [0.05, 0.1) is 5.54 Å². The monoisotopic (exact) mass is 454 g/mol. The second-order valence-corrected chi connectivity index (χ2v) is 9.61.